The van der Waals surface area contributed by atoms with Gasteiger partial charge in [0.25, 0.3) is 5.91 Å². The van der Waals surface area contributed by atoms with Gasteiger partial charge in [-0.15, -0.1) is 0 Å². The average molecular weight is 408 g/mol. The highest BCUT2D eigenvalue weighted by Gasteiger charge is 2.21. The molecule has 3 N–H and O–H groups in total. The molecule has 0 fully saturated rings. The summed E-state index contributed by atoms with van der Waals surface area (Å²) >= 11 is 0. The highest BCUT2D eigenvalue weighted by atomic mass is 16.5. The molecule has 0 saturated heterocycles. The molecule has 1 heterocycles. The maximum Gasteiger partial charge on any atom is 0.257 e. The monoisotopic (exact) mass is 407 g/mol. The minimum atomic E-state index is -0.540. The van der Waals surface area contributed by atoms with Crippen LogP contribution in [0.4, 0.5) is 0 Å². The molecule has 158 valence electrons. The van der Waals surface area contributed by atoms with Gasteiger partial charge in [-0.2, -0.15) is 0 Å². The molecule has 2 amide bonds. The molecule has 0 radical (unpaired) electrons. The number of ether oxygens (including phenoxy) is 1. The highest BCUT2D eigenvalue weighted by Crippen LogP contribution is 2.21. The van der Waals surface area contributed by atoms with E-state index in [1.54, 1.807) is 11.0 Å². The molecule has 3 rings (SSSR count). The molecule has 0 spiro atoms. The van der Waals surface area contributed by atoms with Crippen LogP contribution in [-0.4, -0.2) is 42.5 Å². The van der Waals surface area contributed by atoms with Crippen molar-refractivity contribution in [2.75, 3.05) is 19.7 Å². The zero-order valence-corrected chi connectivity index (χ0v) is 17.1. The van der Waals surface area contributed by atoms with E-state index in [1.165, 1.54) is 0 Å². The smallest absolute Gasteiger partial charge is 0.257 e. The Balaban J connectivity index is 1.84. The summed E-state index contributed by atoms with van der Waals surface area (Å²) < 4.78 is 5.87. The Bertz CT molecular complexity index is 867. The Labute approximate surface area is 177 Å². The van der Waals surface area contributed by atoms with Crippen LogP contribution in [0, 0.1) is 0 Å². The first-order valence-electron chi connectivity index (χ1n) is 10.4. The Hall–Kier alpha value is -3.12. The van der Waals surface area contributed by atoms with E-state index in [1.807, 2.05) is 60.7 Å². The van der Waals surface area contributed by atoms with Crippen LogP contribution in [-0.2, 0) is 11.3 Å². The molecule has 0 saturated carbocycles. The lowest BCUT2D eigenvalue weighted by atomic mass is 10.1. The fourth-order valence-corrected chi connectivity index (χ4v) is 3.35. The van der Waals surface area contributed by atoms with Gasteiger partial charge in [-0.3, -0.25) is 9.59 Å². The number of nitrogens with zero attached hydrogens (tertiary/aromatic N) is 1. The largest absolute Gasteiger partial charge is 0.489 e. The van der Waals surface area contributed by atoms with Gasteiger partial charge in [0.1, 0.15) is 12.4 Å². The number of fused-ring (bicyclic) bond motifs is 1. The fraction of sp³-hybridized carbons (Fsp3) is 0.333. The zero-order valence-electron chi connectivity index (χ0n) is 17.1. The van der Waals surface area contributed by atoms with Crippen molar-refractivity contribution < 1.29 is 14.3 Å². The summed E-state index contributed by atoms with van der Waals surface area (Å²) in [6.07, 6.45) is 6.23. The third-order valence-corrected chi connectivity index (χ3v) is 5.03. The predicted molar refractivity (Wildman–Crippen MR) is 117 cm³/mol. The van der Waals surface area contributed by atoms with E-state index in [2.05, 4.69) is 5.32 Å². The first-order valence-corrected chi connectivity index (χ1v) is 10.4. The number of para-hydroxylation sites is 1. The lowest BCUT2D eigenvalue weighted by molar-refractivity contribution is -0.122. The Morgan fingerprint density at radius 3 is 2.63 bits per heavy atom. The number of carbonyl (C=O) groups is 2. The van der Waals surface area contributed by atoms with E-state index in [0.717, 1.165) is 18.4 Å². The highest BCUT2D eigenvalue weighted by molar-refractivity contribution is 5.97. The first-order chi connectivity index (χ1) is 14.6. The average Bonchev–Trinajstić information content (AvgIpc) is 2.77. The van der Waals surface area contributed by atoms with Crippen LogP contribution in [0.25, 0.3) is 0 Å². The topological polar surface area (TPSA) is 84.7 Å². The SMILES string of the molecule is NC1CCC/C=C/COc2ccccc2C(=O)N(Cc2ccccc2)CCNC1=O. The van der Waals surface area contributed by atoms with E-state index >= 15 is 0 Å². The number of benzene rings is 2. The quantitative estimate of drug-likeness (QED) is 0.750. The summed E-state index contributed by atoms with van der Waals surface area (Å²) in [7, 11) is 0. The van der Waals surface area contributed by atoms with Gasteiger partial charge in [-0.25, -0.2) is 0 Å². The van der Waals surface area contributed by atoms with Crippen LogP contribution in [0.15, 0.2) is 66.7 Å². The minimum Gasteiger partial charge on any atom is -0.489 e. The maximum atomic E-state index is 13.4. The van der Waals surface area contributed by atoms with Crippen LogP contribution in [0.2, 0.25) is 0 Å². The van der Waals surface area contributed by atoms with Crippen molar-refractivity contribution in [3.05, 3.63) is 77.9 Å². The number of rotatable bonds is 2. The lowest BCUT2D eigenvalue weighted by Gasteiger charge is -2.24. The van der Waals surface area contributed by atoms with Crippen LogP contribution in [0.5, 0.6) is 5.75 Å². The fourth-order valence-electron chi connectivity index (χ4n) is 3.35. The molecule has 30 heavy (non-hydrogen) atoms. The summed E-state index contributed by atoms with van der Waals surface area (Å²) in [6.45, 7) is 1.54. The van der Waals surface area contributed by atoms with Gasteiger partial charge >= 0.3 is 0 Å². The molecule has 0 aliphatic carbocycles. The van der Waals surface area contributed by atoms with Crippen LogP contribution < -0.4 is 15.8 Å². The number of allylic oxidation sites excluding steroid dienone is 1. The summed E-state index contributed by atoms with van der Waals surface area (Å²) in [4.78, 5) is 27.4. The van der Waals surface area contributed by atoms with Crippen molar-refractivity contribution in [2.24, 2.45) is 5.73 Å². The molecular weight excluding hydrogens is 378 g/mol. The first kappa shape index (κ1) is 21.6. The van der Waals surface area contributed by atoms with E-state index in [9.17, 15) is 9.59 Å². The lowest BCUT2D eigenvalue weighted by Crippen LogP contribution is -2.44. The number of amides is 2. The van der Waals surface area contributed by atoms with Crippen molar-refractivity contribution in [1.29, 1.82) is 0 Å². The van der Waals surface area contributed by atoms with Crippen molar-refractivity contribution in [3.8, 4) is 5.75 Å². The van der Waals surface area contributed by atoms with E-state index in [0.29, 0.717) is 44.0 Å². The molecule has 2 aromatic rings. The standard InChI is InChI=1S/C24H29N3O3/c25-21-13-6-1-2-9-17-30-22-14-8-7-12-20(22)24(29)27(16-15-26-23(21)28)18-19-10-4-3-5-11-19/h2-5,7-12,14,21H,1,6,13,15-18,25H2,(H,26,28)/b9-2+. The molecule has 1 aliphatic rings. The normalized spacial score (nSPS) is 20.0. The second-order valence-electron chi connectivity index (χ2n) is 7.32. The molecule has 2 aromatic carbocycles. The van der Waals surface area contributed by atoms with Gasteiger partial charge < -0.3 is 20.7 Å². The molecule has 6 nitrogen and oxygen atoms in total. The summed E-state index contributed by atoms with van der Waals surface area (Å²) in [5, 5.41) is 2.87. The number of hydrogen-bond acceptors (Lipinski definition) is 4. The van der Waals surface area contributed by atoms with Crippen molar-refractivity contribution in [2.45, 2.75) is 31.8 Å². The molecule has 0 aromatic heterocycles. The van der Waals surface area contributed by atoms with Crippen LogP contribution in [0.1, 0.15) is 35.2 Å². The minimum absolute atomic E-state index is 0.135. The number of carbonyl (C=O) groups excluding carboxylic acids is 2. The van der Waals surface area contributed by atoms with E-state index in [-0.39, 0.29) is 11.8 Å². The second-order valence-corrected chi connectivity index (χ2v) is 7.32. The molecule has 1 atom stereocenters. The molecular formula is C24H29N3O3. The van der Waals surface area contributed by atoms with E-state index < -0.39 is 6.04 Å². The van der Waals surface area contributed by atoms with Crippen molar-refractivity contribution in [1.82, 2.24) is 10.2 Å². The number of nitrogens with one attached hydrogen (secondary N) is 1. The van der Waals surface area contributed by atoms with Crippen LogP contribution >= 0.6 is 0 Å². The predicted octanol–water partition coefficient (Wildman–Crippen LogP) is 2.89. The Kier molecular flexibility index (Phi) is 8.03. The zero-order chi connectivity index (χ0) is 21.2. The molecule has 1 aliphatic heterocycles. The van der Waals surface area contributed by atoms with Crippen molar-refractivity contribution >= 4 is 11.8 Å². The van der Waals surface area contributed by atoms with E-state index in [4.69, 9.17) is 10.5 Å². The molecule has 0 bridgehead atoms. The van der Waals surface area contributed by atoms with Gasteiger partial charge in [0.15, 0.2) is 0 Å². The summed E-state index contributed by atoms with van der Waals surface area (Å²) in [5.41, 5.74) is 7.52. The Morgan fingerprint density at radius 1 is 1.03 bits per heavy atom. The Morgan fingerprint density at radius 2 is 1.80 bits per heavy atom. The van der Waals surface area contributed by atoms with Gasteiger partial charge in [-0.05, 0) is 37.0 Å². The third kappa shape index (κ3) is 6.19. The van der Waals surface area contributed by atoms with Gasteiger partial charge in [0.05, 0.1) is 11.6 Å². The molecule has 6 heteroatoms. The summed E-state index contributed by atoms with van der Waals surface area (Å²) in [6, 6.07) is 16.5. The van der Waals surface area contributed by atoms with Gasteiger partial charge in [-0.1, -0.05) is 54.6 Å². The van der Waals surface area contributed by atoms with Gasteiger partial charge in [0.2, 0.25) is 5.91 Å². The summed E-state index contributed by atoms with van der Waals surface area (Å²) in [5.74, 6) is 0.245. The van der Waals surface area contributed by atoms with Crippen molar-refractivity contribution in [3.63, 3.8) is 0 Å². The maximum absolute atomic E-state index is 13.4. The number of hydrogen-bond donors (Lipinski definition) is 2. The second kappa shape index (κ2) is 11.2. The third-order valence-electron chi connectivity index (χ3n) is 5.03. The molecule has 1 unspecified atom stereocenters. The van der Waals surface area contributed by atoms with Gasteiger partial charge in [0, 0.05) is 19.6 Å². The van der Waals surface area contributed by atoms with Crippen LogP contribution in [0.3, 0.4) is 0 Å². The number of nitrogens with two attached hydrogens (primary N) is 1.